The van der Waals surface area contributed by atoms with Crippen LogP contribution in [0.5, 0.6) is 0 Å². The van der Waals surface area contributed by atoms with Crippen LogP contribution in [0.25, 0.3) is 10.2 Å². The van der Waals surface area contributed by atoms with Crippen LogP contribution in [-0.2, 0) is 11.2 Å². The van der Waals surface area contributed by atoms with Gasteiger partial charge in [-0.05, 0) is 50.3 Å². The summed E-state index contributed by atoms with van der Waals surface area (Å²) in [6.07, 6.45) is 4.53. The predicted molar refractivity (Wildman–Crippen MR) is 119 cm³/mol. The second-order valence-electron chi connectivity index (χ2n) is 7.21. The number of amides is 1. The van der Waals surface area contributed by atoms with E-state index in [1.807, 2.05) is 18.2 Å². The van der Waals surface area contributed by atoms with E-state index < -0.39 is 0 Å². The minimum absolute atomic E-state index is 0. The summed E-state index contributed by atoms with van der Waals surface area (Å²) < 4.78 is 1.20. The van der Waals surface area contributed by atoms with E-state index >= 15 is 0 Å². The molecule has 0 saturated carbocycles. The van der Waals surface area contributed by atoms with Crippen molar-refractivity contribution in [1.82, 2.24) is 9.88 Å². The van der Waals surface area contributed by atoms with Crippen molar-refractivity contribution < 1.29 is 4.79 Å². The van der Waals surface area contributed by atoms with Gasteiger partial charge >= 0.3 is 0 Å². The molecule has 0 spiro atoms. The molecule has 1 aliphatic rings. The standard InChI is InChI=1S/C20H29N3OS.2ClH/c1-3-20(4-2,19(24)23-11-9-15(14-21)10-12-23)13-18-22-16-7-5-6-8-17(16)25-18;;/h5-8,15H,3-4,9-14,21H2,1-2H3;2*1H. The molecule has 1 aromatic heterocycles. The molecule has 1 amide bonds. The van der Waals surface area contributed by atoms with Gasteiger partial charge in [0.15, 0.2) is 0 Å². The van der Waals surface area contributed by atoms with E-state index in [-0.39, 0.29) is 30.2 Å². The molecule has 27 heavy (non-hydrogen) atoms. The third kappa shape index (κ3) is 5.14. The van der Waals surface area contributed by atoms with Crippen LogP contribution in [0.15, 0.2) is 24.3 Å². The molecule has 0 radical (unpaired) electrons. The average Bonchev–Trinajstić information content (AvgIpc) is 3.08. The van der Waals surface area contributed by atoms with Crippen molar-refractivity contribution in [1.29, 1.82) is 0 Å². The average molecular weight is 432 g/mol. The molecule has 0 bridgehead atoms. The van der Waals surface area contributed by atoms with Gasteiger partial charge in [-0.25, -0.2) is 4.98 Å². The Morgan fingerprint density at radius 2 is 1.85 bits per heavy atom. The summed E-state index contributed by atoms with van der Waals surface area (Å²) in [5.41, 5.74) is 6.50. The van der Waals surface area contributed by atoms with Gasteiger partial charge in [0.1, 0.15) is 0 Å². The first-order valence-corrected chi connectivity index (χ1v) is 10.3. The fraction of sp³-hybridized carbons (Fsp3) is 0.600. The van der Waals surface area contributed by atoms with E-state index in [0.29, 0.717) is 11.8 Å². The van der Waals surface area contributed by atoms with E-state index in [2.05, 4.69) is 24.8 Å². The Labute approximate surface area is 178 Å². The topological polar surface area (TPSA) is 59.2 Å². The summed E-state index contributed by atoms with van der Waals surface area (Å²) in [7, 11) is 0. The van der Waals surface area contributed by atoms with Crippen LogP contribution < -0.4 is 5.73 Å². The van der Waals surface area contributed by atoms with E-state index in [1.54, 1.807) is 11.3 Å². The number of nitrogens with two attached hydrogens (primary N) is 1. The van der Waals surface area contributed by atoms with Crippen molar-refractivity contribution in [2.45, 2.75) is 46.0 Å². The lowest BCUT2D eigenvalue weighted by Crippen LogP contribution is -2.48. The molecule has 4 nitrogen and oxygen atoms in total. The minimum atomic E-state index is -0.330. The maximum atomic E-state index is 13.4. The Hall–Kier alpha value is -0.880. The third-order valence-electron chi connectivity index (χ3n) is 5.87. The van der Waals surface area contributed by atoms with Crippen molar-refractivity contribution in [2.24, 2.45) is 17.1 Å². The van der Waals surface area contributed by atoms with Crippen molar-refractivity contribution in [2.75, 3.05) is 19.6 Å². The number of piperidine rings is 1. The molecule has 1 saturated heterocycles. The molecule has 0 aliphatic carbocycles. The Morgan fingerprint density at radius 3 is 2.41 bits per heavy atom. The third-order valence-corrected chi connectivity index (χ3v) is 6.91. The van der Waals surface area contributed by atoms with Gasteiger partial charge in [0.05, 0.1) is 20.6 Å². The molecule has 2 heterocycles. The van der Waals surface area contributed by atoms with Crippen LogP contribution in [0, 0.1) is 11.3 Å². The zero-order valence-corrected chi connectivity index (χ0v) is 18.6. The summed E-state index contributed by atoms with van der Waals surface area (Å²) in [5, 5.41) is 1.08. The maximum absolute atomic E-state index is 13.4. The van der Waals surface area contributed by atoms with Crippen molar-refractivity contribution in [3.63, 3.8) is 0 Å². The maximum Gasteiger partial charge on any atom is 0.229 e. The Morgan fingerprint density at radius 1 is 1.22 bits per heavy atom. The molecule has 1 aromatic carbocycles. The van der Waals surface area contributed by atoms with Crippen molar-refractivity contribution in [3.8, 4) is 0 Å². The number of para-hydroxylation sites is 1. The highest BCUT2D eigenvalue weighted by Crippen LogP contribution is 2.36. The van der Waals surface area contributed by atoms with Gasteiger partial charge in [-0.2, -0.15) is 0 Å². The minimum Gasteiger partial charge on any atom is -0.342 e. The predicted octanol–water partition coefficient (Wildman–Crippen LogP) is 4.69. The Balaban J connectivity index is 0.00000182. The number of benzene rings is 1. The Bertz CT molecular complexity index is 692. The van der Waals surface area contributed by atoms with Gasteiger partial charge in [-0.1, -0.05) is 26.0 Å². The molecule has 1 fully saturated rings. The largest absolute Gasteiger partial charge is 0.342 e. The monoisotopic (exact) mass is 431 g/mol. The fourth-order valence-corrected chi connectivity index (χ4v) is 4.98. The van der Waals surface area contributed by atoms with E-state index in [0.717, 1.165) is 62.3 Å². The fourth-order valence-electron chi connectivity index (χ4n) is 3.87. The number of halogens is 2. The van der Waals surface area contributed by atoms with Crippen molar-refractivity contribution >= 4 is 52.3 Å². The lowest BCUT2D eigenvalue weighted by Gasteiger charge is -2.39. The van der Waals surface area contributed by atoms with Gasteiger partial charge in [0.2, 0.25) is 5.91 Å². The number of hydrogen-bond acceptors (Lipinski definition) is 4. The molecule has 152 valence electrons. The van der Waals surface area contributed by atoms with Gasteiger partial charge in [-0.15, -0.1) is 36.2 Å². The lowest BCUT2D eigenvalue weighted by atomic mass is 9.77. The SMILES string of the molecule is CCC(CC)(Cc1nc2ccccc2s1)C(=O)N1CCC(CN)CC1.Cl.Cl. The summed E-state index contributed by atoms with van der Waals surface area (Å²) in [4.78, 5) is 20.2. The number of carbonyl (C=O) groups excluding carboxylic acids is 1. The zero-order chi connectivity index (χ0) is 17.9. The molecule has 3 rings (SSSR count). The Kier molecular flexibility index (Phi) is 9.49. The van der Waals surface area contributed by atoms with Gasteiger partial charge in [0.25, 0.3) is 0 Å². The highest BCUT2D eigenvalue weighted by Gasteiger charge is 2.40. The van der Waals surface area contributed by atoms with Gasteiger partial charge in [0, 0.05) is 19.5 Å². The highest BCUT2D eigenvalue weighted by atomic mass is 35.5. The van der Waals surface area contributed by atoms with E-state index in [9.17, 15) is 4.79 Å². The first-order valence-electron chi connectivity index (χ1n) is 9.45. The van der Waals surface area contributed by atoms with Crippen LogP contribution in [0.1, 0.15) is 44.5 Å². The molecular formula is C20H31Cl2N3OS. The molecule has 2 aromatic rings. The van der Waals surface area contributed by atoms with Gasteiger partial charge < -0.3 is 10.6 Å². The van der Waals surface area contributed by atoms with Crippen LogP contribution in [0.3, 0.4) is 0 Å². The summed E-state index contributed by atoms with van der Waals surface area (Å²) in [5.74, 6) is 0.887. The summed E-state index contributed by atoms with van der Waals surface area (Å²) in [6.45, 7) is 6.72. The molecule has 1 aliphatic heterocycles. The zero-order valence-electron chi connectivity index (χ0n) is 16.1. The van der Waals surface area contributed by atoms with Crippen LogP contribution in [0.2, 0.25) is 0 Å². The smallest absolute Gasteiger partial charge is 0.229 e. The summed E-state index contributed by atoms with van der Waals surface area (Å²) in [6, 6.07) is 8.22. The number of nitrogens with zero attached hydrogens (tertiary/aromatic N) is 2. The molecule has 2 N–H and O–H groups in total. The summed E-state index contributed by atoms with van der Waals surface area (Å²) >= 11 is 1.72. The van der Waals surface area contributed by atoms with Crippen LogP contribution in [-0.4, -0.2) is 35.4 Å². The van der Waals surface area contributed by atoms with Crippen molar-refractivity contribution in [3.05, 3.63) is 29.3 Å². The molecular weight excluding hydrogens is 401 g/mol. The van der Waals surface area contributed by atoms with E-state index in [1.165, 1.54) is 4.70 Å². The highest BCUT2D eigenvalue weighted by molar-refractivity contribution is 7.18. The van der Waals surface area contributed by atoms with Gasteiger partial charge in [-0.3, -0.25) is 4.79 Å². The quantitative estimate of drug-likeness (QED) is 0.721. The first kappa shape index (κ1) is 24.2. The number of likely N-dealkylation sites (tertiary alicyclic amines) is 1. The number of rotatable bonds is 6. The second kappa shape index (κ2) is 10.6. The lowest BCUT2D eigenvalue weighted by molar-refractivity contribution is -0.144. The molecule has 0 atom stereocenters. The second-order valence-corrected chi connectivity index (χ2v) is 8.33. The van der Waals surface area contributed by atoms with E-state index in [4.69, 9.17) is 10.7 Å². The first-order chi connectivity index (χ1) is 12.1. The molecule has 0 unspecified atom stereocenters. The molecule has 7 heteroatoms. The number of fused-ring (bicyclic) bond motifs is 1. The normalized spacial score (nSPS) is 15.3. The number of thiazole rings is 1. The number of aromatic nitrogens is 1. The number of carbonyl (C=O) groups is 1. The number of hydrogen-bond donors (Lipinski definition) is 1. The van der Waals surface area contributed by atoms with Crippen LogP contribution in [0.4, 0.5) is 0 Å². The van der Waals surface area contributed by atoms with Crippen LogP contribution >= 0.6 is 36.2 Å².